The zero-order valence-corrected chi connectivity index (χ0v) is 9.48. The first-order valence-corrected chi connectivity index (χ1v) is 5.92. The lowest BCUT2D eigenvalue weighted by Crippen LogP contribution is -2.17. The molecule has 0 radical (unpaired) electrons. The highest BCUT2D eigenvalue weighted by atomic mass is 15.0. The van der Waals surface area contributed by atoms with Crippen molar-refractivity contribution in [1.29, 1.82) is 0 Å². The van der Waals surface area contributed by atoms with Crippen LogP contribution in [0.5, 0.6) is 0 Å². The number of rotatable bonds is 1. The lowest BCUT2D eigenvalue weighted by atomic mass is 9.94. The number of hydrogen-bond donors (Lipinski definition) is 1. The fourth-order valence-electron chi connectivity index (χ4n) is 2.64. The lowest BCUT2D eigenvalue weighted by Gasteiger charge is -2.17. The second-order valence-corrected chi connectivity index (χ2v) is 4.65. The van der Waals surface area contributed by atoms with E-state index in [0.29, 0.717) is 12.0 Å². The summed E-state index contributed by atoms with van der Waals surface area (Å²) in [5.41, 5.74) is 1.35. The number of aromatic nitrogens is 1. The highest BCUT2D eigenvalue weighted by Gasteiger charge is 2.25. The largest absolute Gasteiger partial charge is 0.310 e. The molecular weight excluding hydrogens is 196 g/mol. The smallest absolute Gasteiger partial charge is 0.0367 e. The van der Waals surface area contributed by atoms with Crippen molar-refractivity contribution in [2.75, 3.05) is 6.54 Å². The van der Waals surface area contributed by atoms with E-state index < -0.39 is 0 Å². The standard InChI is InChI=1S/C14H16N2/c1-10-6-7-16-14(10)13-9-15-8-11-4-2-3-5-12(11)13/h2-5,8-10,14,16H,6-7H2,1H3. The third-order valence-electron chi connectivity index (χ3n) is 3.57. The Morgan fingerprint density at radius 3 is 2.94 bits per heavy atom. The van der Waals surface area contributed by atoms with Crippen LogP contribution in [0.1, 0.15) is 24.9 Å². The van der Waals surface area contributed by atoms with Gasteiger partial charge in [-0.05, 0) is 29.8 Å². The fourth-order valence-corrected chi connectivity index (χ4v) is 2.64. The first-order valence-electron chi connectivity index (χ1n) is 5.92. The highest BCUT2D eigenvalue weighted by molar-refractivity contribution is 5.85. The van der Waals surface area contributed by atoms with Gasteiger partial charge in [-0.1, -0.05) is 31.2 Å². The number of benzene rings is 1. The minimum atomic E-state index is 0.471. The molecule has 1 saturated heterocycles. The van der Waals surface area contributed by atoms with Gasteiger partial charge in [-0.25, -0.2) is 0 Å². The van der Waals surface area contributed by atoms with E-state index >= 15 is 0 Å². The maximum Gasteiger partial charge on any atom is 0.0367 e. The second kappa shape index (κ2) is 3.87. The summed E-state index contributed by atoms with van der Waals surface area (Å²) in [6, 6.07) is 8.97. The van der Waals surface area contributed by atoms with Crippen LogP contribution in [0.15, 0.2) is 36.7 Å². The summed E-state index contributed by atoms with van der Waals surface area (Å²) in [4.78, 5) is 4.35. The third kappa shape index (κ3) is 1.50. The second-order valence-electron chi connectivity index (χ2n) is 4.65. The highest BCUT2D eigenvalue weighted by Crippen LogP contribution is 2.32. The van der Waals surface area contributed by atoms with Gasteiger partial charge in [-0.15, -0.1) is 0 Å². The molecule has 1 N–H and O–H groups in total. The molecule has 0 aliphatic carbocycles. The third-order valence-corrected chi connectivity index (χ3v) is 3.57. The topological polar surface area (TPSA) is 24.9 Å². The van der Waals surface area contributed by atoms with Crippen molar-refractivity contribution in [1.82, 2.24) is 10.3 Å². The Morgan fingerprint density at radius 2 is 2.12 bits per heavy atom. The summed E-state index contributed by atoms with van der Waals surface area (Å²) in [6.07, 6.45) is 5.22. The first-order chi connectivity index (χ1) is 7.86. The van der Waals surface area contributed by atoms with Crippen molar-refractivity contribution in [2.45, 2.75) is 19.4 Å². The van der Waals surface area contributed by atoms with E-state index in [1.807, 2.05) is 12.4 Å². The molecule has 16 heavy (non-hydrogen) atoms. The Bertz CT molecular complexity index is 502. The van der Waals surface area contributed by atoms with Crippen molar-refractivity contribution in [3.05, 3.63) is 42.2 Å². The predicted octanol–water partition coefficient (Wildman–Crippen LogP) is 2.91. The van der Waals surface area contributed by atoms with Gasteiger partial charge in [0.15, 0.2) is 0 Å². The van der Waals surface area contributed by atoms with Crippen molar-refractivity contribution in [3.8, 4) is 0 Å². The van der Waals surface area contributed by atoms with Crippen LogP contribution < -0.4 is 5.32 Å². The SMILES string of the molecule is CC1CCNC1c1cncc2ccccc12. The van der Waals surface area contributed by atoms with Crippen LogP contribution in [0.2, 0.25) is 0 Å². The Labute approximate surface area is 95.7 Å². The Morgan fingerprint density at radius 1 is 1.25 bits per heavy atom. The molecule has 2 heterocycles. The van der Waals surface area contributed by atoms with E-state index in [0.717, 1.165) is 6.54 Å². The Kier molecular flexibility index (Phi) is 2.37. The van der Waals surface area contributed by atoms with Gasteiger partial charge in [0.2, 0.25) is 0 Å². The van der Waals surface area contributed by atoms with Gasteiger partial charge >= 0.3 is 0 Å². The molecule has 2 atom stereocenters. The number of nitrogens with zero attached hydrogens (tertiary/aromatic N) is 1. The average Bonchev–Trinajstić information content (AvgIpc) is 2.75. The zero-order valence-electron chi connectivity index (χ0n) is 9.48. The molecule has 1 aromatic carbocycles. The van der Waals surface area contributed by atoms with E-state index in [1.54, 1.807) is 0 Å². The molecule has 2 heteroatoms. The van der Waals surface area contributed by atoms with Crippen LogP contribution in [-0.2, 0) is 0 Å². The number of fused-ring (bicyclic) bond motifs is 1. The van der Waals surface area contributed by atoms with E-state index in [-0.39, 0.29) is 0 Å². The molecule has 0 spiro atoms. The molecule has 1 fully saturated rings. The maximum absolute atomic E-state index is 4.35. The molecule has 3 rings (SSSR count). The van der Waals surface area contributed by atoms with E-state index in [9.17, 15) is 0 Å². The molecular formula is C14H16N2. The molecule has 0 bridgehead atoms. The quantitative estimate of drug-likeness (QED) is 0.786. The summed E-state index contributed by atoms with van der Waals surface area (Å²) >= 11 is 0. The van der Waals surface area contributed by atoms with Crippen LogP contribution in [0.4, 0.5) is 0 Å². The molecule has 1 aromatic heterocycles. The Hall–Kier alpha value is -1.41. The number of nitrogens with one attached hydrogen (secondary N) is 1. The van der Waals surface area contributed by atoms with Crippen LogP contribution in [0, 0.1) is 5.92 Å². The Balaban J connectivity index is 2.16. The van der Waals surface area contributed by atoms with Gasteiger partial charge in [0.05, 0.1) is 0 Å². The van der Waals surface area contributed by atoms with Crippen molar-refractivity contribution in [3.63, 3.8) is 0 Å². The van der Waals surface area contributed by atoms with Gasteiger partial charge in [0.1, 0.15) is 0 Å². The summed E-state index contributed by atoms with van der Waals surface area (Å²) in [7, 11) is 0. The minimum absolute atomic E-state index is 0.471. The zero-order chi connectivity index (χ0) is 11.0. The summed E-state index contributed by atoms with van der Waals surface area (Å²) < 4.78 is 0. The normalized spacial score (nSPS) is 25.1. The summed E-state index contributed by atoms with van der Waals surface area (Å²) in [6.45, 7) is 3.43. The van der Waals surface area contributed by atoms with Crippen LogP contribution in [0.25, 0.3) is 10.8 Å². The number of pyridine rings is 1. The molecule has 1 aliphatic heterocycles. The van der Waals surface area contributed by atoms with Crippen molar-refractivity contribution >= 4 is 10.8 Å². The van der Waals surface area contributed by atoms with Crippen LogP contribution in [-0.4, -0.2) is 11.5 Å². The van der Waals surface area contributed by atoms with E-state index in [4.69, 9.17) is 0 Å². The van der Waals surface area contributed by atoms with Gasteiger partial charge in [0.25, 0.3) is 0 Å². The summed E-state index contributed by atoms with van der Waals surface area (Å²) in [5.74, 6) is 0.701. The number of hydrogen-bond acceptors (Lipinski definition) is 2. The van der Waals surface area contributed by atoms with Crippen LogP contribution in [0.3, 0.4) is 0 Å². The molecule has 0 amide bonds. The molecule has 2 aromatic rings. The maximum atomic E-state index is 4.35. The van der Waals surface area contributed by atoms with Gasteiger partial charge in [-0.2, -0.15) is 0 Å². The molecule has 1 aliphatic rings. The molecule has 0 saturated carbocycles. The molecule has 82 valence electrons. The summed E-state index contributed by atoms with van der Waals surface area (Å²) in [5, 5.41) is 6.15. The monoisotopic (exact) mass is 212 g/mol. The van der Waals surface area contributed by atoms with Crippen molar-refractivity contribution in [2.24, 2.45) is 5.92 Å². The van der Waals surface area contributed by atoms with E-state index in [2.05, 4.69) is 41.5 Å². The average molecular weight is 212 g/mol. The van der Waals surface area contributed by atoms with E-state index in [1.165, 1.54) is 22.8 Å². The van der Waals surface area contributed by atoms with Crippen molar-refractivity contribution < 1.29 is 0 Å². The lowest BCUT2D eigenvalue weighted by molar-refractivity contribution is 0.505. The minimum Gasteiger partial charge on any atom is -0.310 e. The van der Waals surface area contributed by atoms with Gasteiger partial charge in [-0.3, -0.25) is 4.98 Å². The molecule has 2 nitrogen and oxygen atoms in total. The van der Waals surface area contributed by atoms with Gasteiger partial charge in [0, 0.05) is 23.8 Å². The van der Waals surface area contributed by atoms with Gasteiger partial charge < -0.3 is 5.32 Å². The predicted molar refractivity (Wildman–Crippen MR) is 66.3 cm³/mol. The fraction of sp³-hybridized carbons (Fsp3) is 0.357. The first kappa shape index (κ1) is 9.79. The van der Waals surface area contributed by atoms with Crippen LogP contribution >= 0.6 is 0 Å². The molecule has 2 unspecified atom stereocenters.